The molecule has 1 N–H and O–H groups in total. The summed E-state index contributed by atoms with van der Waals surface area (Å²) in [4.78, 5) is 18.1. The summed E-state index contributed by atoms with van der Waals surface area (Å²) < 4.78 is 2.02. The fraction of sp³-hybridized carbons (Fsp3) is 0.0909. The summed E-state index contributed by atoms with van der Waals surface area (Å²) in [7, 11) is 0. The van der Waals surface area contributed by atoms with E-state index in [0.29, 0.717) is 0 Å². The van der Waals surface area contributed by atoms with Crippen LogP contribution in [-0.4, -0.2) is 15.3 Å². The quantitative estimate of drug-likeness (QED) is 0.491. The van der Waals surface area contributed by atoms with Crippen LogP contribution in [0.25, 0.3) is 23.0 Å². The summed E-state index contributed by atoms with van der Waals surface area (Å²) in [5, 5.41) is 4.96. The van der Waals surface area contributed by atoms with Crippen LogP contribution in [0.4, 0.5) is 5.69 Å². The second-order valence-corrected chi connectivity index (χ2v) is 7.40. The van der Waals surface area contributed by atoms with Crippen LogP contribution in [0.5, 0.6) is 0 Å². The van der Waals surface area contributed by atoms with Crippen LogP contribution < -0.4 is 5.32 Å². The molecule has 27 heavy (non-hydrogen) atoms. The summed E-state index contributed by atoms with van der Waals surface area (Å²) in [5.41, 5.74) is 5.73. The Kier molecular flexibility index (Phi) is 4.60. The number of carbonyl (C=O) groups is 1. The van der Waals surface area contributed by atoms with E-state index in [9.17, 15) is 4.79 Å². The number of imidazole rings is 1. The molecule has 4 nitrogen and oxygen atoms in total. The maximum Gasteiger partial charge on any atom is 0.248 e. The van der Waals surface area contributed by atoms with E-state index in [1.807, 2.05) is 84.6 Å². The summed E-state index contributed by atoms with van der Waals surface area (Å²) >= 11 is 1.60. The first kappa shape index (κ1) is 17.2. The number of carbonyl (C=O) groups excluding carboxylic acids is 1. The summed E-state index contributed by atoms with van der Waals surface area (Å²) in [6.07, 6.45) is 7.39. The number of aromatic nitrogens is 2. The lowest BCUT2D eigenvalue weighted by Gasteiger charge is -2.08. The van der Waals surface area contributed by atoms with Gasteiger partial charge in [0.25, 0.3) is 0 Å². The lowest BCUT2D eigenvalue weighted by atomic mass is 10.1. The van der Waals surface area contributed by atoms with Gasteiger partial charge in [0.1, 0.15) is 5.65 Å². The van der Waals surface area contributed by atoms with Gasteiger partial charge < -0.3 is 9.72 Å². The molecule has 0 aliphatic rings. The highest BCUT2D eigenvalue weighted by atomic mass is 32.1. The largest absolute Gasteiger partial charge is 0.322 e. The molecule has 0 aliphatic carbocycles. The van der Waals surface area contributed by atoms with Crippen LogP contribution in [0.2, 0.25) is 0 Å². The molecule has 134 valence electrons. The molecule has 0 aliphatic heterocycles. The van der Waals surface area contributed by atoms with Crippen LogP contribution in [0, 0.1) is 13.8 Å². The number of aryl methyl sites for hydroxylation is 2. The van der Waals surface area contributed by atoms with Crippen LogP contribution in [0.3, 0.4) is 0 Å². The molecule has 4 aromatic rings. The molecule has 0 unspecified atom stereocenters. The van der Waals surface area contributed by atoms with Gasteiger partial charge >= 0.3 is 0 Å². The Hall–Kier alpha value is -3.18. The molecule has 3 aromatic heterocycles. The van der Waals surface area contributed by atoms with Gasteiger partial charge in [-0.1, -0.05) is 24.3 Å². The smallest absolute Gasteiger partial charge is 0.248 e. The van der Waals surface area contributed by atoms with Crippen LogP contribution in [-0.2, 0) is 4.79 Å². The van der Waals surface area contributed by atoms with Gasteiger partial charge in [-0.05, 0) is 54.6 Å². The van der Waals surface area contributed by atoms with Gasteiger partial charge in [0.2, 0.25) is 5.91 Å². The minimum Gasteiger partial charge on any atom is -0.322 e. The van der Waals surface area contributed by atoms with Gasteiger partial charge in [0, 0.05) is 34.6 Å². The number of rotatable bonds is 4. The minimum atomic E-state index is -0.144. The second kappa shape index (κ2) is 7.21. The van der Waals surface area contributed by atoms with Crippen LogP contribution in [0.15, 0.2) is 66.3 Å². The van der Waals surface area contributed by atoms with Crippen molar-refractivity contribution in [3.8, 4) is 11.3 Å². The Balaban J connectivity index is 1.60. The molecule has 5 heteroatoms. The highest BCUT2D eigenvalue weighted by Crippen LogP contribution is 2.26. The first-order valence-corrected chi connectivity index (χ1v) is 9.56. The number of nitrogens with zero attached hydrogens (tertiary/aromatic N) is 2. The number of fused-ring (bicyclic) bond motifs is 1. The van der Waals surface area contributed by atoms with Gasteiger partial charge in [0.05, 0.1) is 5.69 Å². The van der Waals surface area contributed by atoms with Crippen molar-refractivity contribution in [1.82, 2.24) is 9.38 Å². The van der Waals surface area contributed by atoms with Crippen molar-refractivity contribution in [2.75, 3.05) is 5.32 Å². The number of pyridine rings is 1. The van der Waals surface area contributed by atoms with Gasteiger partial charge in [0.15, 0.2) is 0 Å². The van der Waals surface area contributed by atoms with E-state index in [1.165, 1.54) is 0 Å². The minimum absolute atomic E-state index is 0.144. The lowest BCUT2D eigenvalue weighted by Crippen LogP contribution is -2.09. The standard InChI is InChI=1S/C22H19N3OS/c1-15-7-8-17(20-14-25-11-3-5-16(2)22(25)24-20)13-19(15)23-21(26)10-9-18-6-4-12-27-18/h3-14H,1-2H3,(H,23,26)/b10-9+. The molecule has 0 fully saturated rings. The van der Waals surface area contributed by atoms with Crippen molar-refractivity contribution in [3.05, 3.63) is 82.3 Å². The highest BCUT2D eigenvalue weighted by molar-refractivity contribution is 7.10. The predicted octanol–water partition coefficient (Wildman–Crippen LogP) is 5.33. The Morgan fingerprint density at radius 2 is 2.04 bits per heavy atom. The van der Waals surface area contributed by atoms with Gasteiger partial charge in [-0.3, -0.25) is 4.79 Å². The number of benzene rings is 1. The Bertz CT molecular complexity index is 1140. The van der Waals surface area contributed by atoms with E-state index in [4.69, 9.17) is 4.98 Å². The van der Waals surface area contributed by atoms with Crippen molar-refractivity contribution in [2.45, 2.75) is 13.8 Å². The maximum atomic E-state index is 12.3. The summed E-state index contributed by atoms with van der Waals surface area (Å²) in [6.45, 7) is 4.03. The Labute approximate surface area is 161 Å². The molecule has 0 saturated carbocycles. The SMILES string of the molecule is Cc1ccc(-c2cn3cccc(C)c3n2)cc1NC(=O)/C=C/c1cccs1. The second-order valence-electron chi connectivity index (χ2n) is 6.42. The molecule has 1 amide bonds. The molecule has 0 atom stereocenters. The van der Waals surface area contributed by atoms with E-state index in [-0.39, 0.29) is 5.91 Å². The molecule has 4 rings (SSSR count). The average Bonchev–Trinajstić information content (AvgIpc) is 3.32. The Morgan fingerprint density at radius 3 is 2.81 bits per heavy atom. The fourth-order valence-electron chi connectivity index (χ4n) is 2.93. The van der Waals surface area contributed by atoms with E-state index < -0.39 is 0 Å². The van der Waals surface area contributed by atoms with Crippen molar-refractivity contribution in [3.63, 3.8) is 0 Å². The van der Waals surface area contributed by atoms with Crippen molar-refractivity contribution < 1.29 is 4.79 Å². The summed E-state index contributed by atoms with van der Waals surface area (Å²) in [5.74, 6) is -0.144. The van der Waals surface area contributed by atoms with Gasteiger partial charge in [-0.25, -0.2) is 4.98 Å². The Morgan fingerprint density at radius 1 is 1.15 bits per heavy atom. The zero-order valence-electron chi connectivity index (χ0n) is 15.1. The first-order chi connectivity index (χ1) is 13.1. The van der Waals surface area contributed by atoms with Crippen LogP contribution in [0.1, 0.15) is 16.0 Å². The van der Waals surface area contributed by atoms with Crippen molar-refractivity contribution in [1.29, 1.82) is 0 Å². The fourth-order valence-corrected chi connectivity index (χ4v) is 3.55. The number of hydrogen-bond acceptors (Lipinski definition) is 3. The average molecular weight is 373 g/mol. The topological polar surface area (TPSA) is 46.4 Å². The number of thiophene rings is 1. The van der Waals surface area contributed by atoms with E-state index in [2.05, 4.69) is 5.32 Å². The highest BCUT2D eigenvalue weighted by Gasteiger charge is 2.09. The molecular weight excluding hydrogens is 354 g/mol. The molecule has 0 bridgehead atoms. The summed E-state index contributed by atoms with van der Waals surface area (Å²) in [6, 6.07) is 14.0. The number of amides is 1. The van der Waals surface area contributed by atoms with Gasteiger partial charge in [-0.15, -0.1) is 11.3 Å². The van der Waals surface area contributed by atoms with Gasteiger partial charge in [-0.2, -0.15) is 0 Å². The third kappa shape index (κ3) is 3.68. The maximum absolute atomic E-state index is 12.3. The van der Waals surface area contributed by atoms with E-state index >= 15 is 0 Å². The number of hydrogen-bond donors (Lipinski definition) is 1. The van der Waals surface area contributed by atoms with E-state index in [0.717, 1.165) is 38.6 Å². The zero-order valence-corrected chi connectivity index (χ0v) is 16.0. The van der Waals surface area contributed by atoms with Crippen molar-refractivity contribution >= 4 is 34.7 Å². The third-order valence-electron chi connectivity index (χ3n) is 4.41. The predicted molar refractivity (Wildman–Crippen MR) is 112 cm³/mol. The molecule has 1 aromatic carbocycles. The normalized spacial score (nSPS) is 11.3. The number of nitrogens with one attached hydrogen (secondary N) is 1. The monoisotopic (exact) mass is 373 g/mol. The number of anilines is 1. The third-order valence-corrected chi connectivity index (χ3v) is 5.25. The molecule has 3 heterocycles. The molecule has 0 radical (unpaired) electrons. The molecular formula is C22H19N3OS. The first-order valence-electron chi connectivity index (χ1n) is 8.68. The zero-order chi connectivity index (χ0) is 18.8. The van der Waals surface area contributed by atoms with E-state index in [1.54, 1.807) is 17.4 Å². The molecule has 0 saturated heterocycles. The lowest BCUT2D eigenvalue weighted by molar-refractivity contribution is -0.111. The van der Waals surface area contributed by atoms with Crippen molar-refractivity contribution in [2.24, 2.45) is 0 Å². The van der Waals surface area contributed by atoms with Crippen LogP contribution >= 0.6 is 11.3 Å². The molecule has 0 spiro atoms.